The lowest BCUT2D eigenvalue weighted by molar-refractivity contribution is -0.115. The normalized spacial score (nSPS) is 11.8. The monoisotopic (exact) mass is 278 g/mol. The lowest BCUT2D eigenvalue weighted by Gasteiger charge is -2.18. The molecule has 1 aromatic rings. The van der Waals surface area contributed by atoms with Gasteiger partial charge in [0.25, 0.3) is 5.91 Å². The smallest absolute Gasteiger partial charge is 0.253 e. The Kier molecular flexibility index (Phi) is 6.18. The summed E-state index contributed by atoms with van der Waals surface area (Å²) < 4.78 is 0. The number of benzene rings is 1. The van der Waals surface area contributed by atoms with E-state index in [9.17, 15) is 14.7 Å². The van der Waals surface area contributed by atoms with Crippen LogP contribution >= 0.6 is 0 Å². The summed E-state index contributed by atoms with van der Waals surface area (Å²) in [6.07, 6.45) is 0.501. The Hall–Kier alpha value is -1.88. The number of anilines is 1. The molecule has 110 valence electrons. The third-order valence-electron chi connectivity index (χ3n) is 2.94. The highest BCUT2D eigenvalue weighted by molar-refractivity contribution is 5.97. The zero-order valence-electron chi connectivity index (χ0n) is 12.2. The molecule has 0 aliphatic heterocycles. The third kappa shape index (κ3) is 5.01. The molecule has 0 aliphatic carbocycles. The van der Waals surface area contributed by atoms with Gasteiger partial charge in [-0.2, -0.15) is 0 Å². The molecule has 2 amide bonds. The van der Waals surface area contributed by atoms with Crippen LogP contribution in [0, 0.1) is 0 Å². The average molecular weight is 278 g/mol. The van der Waals surface area contributed by atoms with Crippen molar-refractivity contribution in [1.82, 2.24) is 4.90 Å². The molecular weight excluding hydrogens is 256 g/mol. The number of aliphatic hydroxyl groups is 1. The summed E-state index contributed by atoms with van der Waals surface area (Å²) in [5.74, 6) is -0.213. The molecule has 1 rings (SSSR count). The number of nitrogens with one attached hydrogen (secondary N) is 1. The molecule has 20 heavy (non-hydrogen) atoms. The molecule has 0 saturated heterocycles. The van der Waals surface area contributed by atoms with E-state index in [0.717, 1.165) is 0 Å². The van der Waals surface area contributed by atoms with E-state index < -0.39 is 6.10 Å². The Labute approximate surface area is 119 Å². The standard InChI is InChI=1S/C15H22N2O3/c1-4-14(19)16-13-7-5-6-12(10-13)15(20)17(3)9-8-11(2)18/h5-7,10-11,18H,4,8-9H2,1-3H3,(H,16,19). The topological polar surface area (TPSA) is 69.6 Å². The fourth-order valence-corrected chi connectivity index (χ4v) is 1.68. The lowest BCUT2D eigenvalue weighted by atomic mass is 10.1. The highest BCUT2D eigenvalue weighted by atomic mass is 16.3. The van der Waals surface area contributed by atoms with Crippen LogP contribution in [0.15, 0.2) is 24.3 Å². The maximum atomic E-state index is 12.2. The molecular formula is C15H22N2O3. The SMILES string of the molecule is CCC(=O)Nc1cccc(C(=O)N(C)CCC(C)O)c1. The minimum atomic E-state index is -0.430. The zero-order chi connectivity index (χ0) is 15.1. The van der Waals surface area contributed by atoms with Crippen LogP contribution < -0.4 is 5.32 Å². The van der Waals surface area contributed by atoms with Gasteiger partial charge in [0, 0.05) is 31.3 Å². The first-order valence-electron chi connectivity index (χ1n) is 6.77. The molecule has 0 heterocycles. The van der Waals surface area contributed by atoms with E-state index in [1.54, 1.807) is 50.1 Å². The Morgan fingerprint density at radius 2 is 2.10 bits per heavy atom. The van der Waals surface area contributed by atoms with Crippen LogP contribution in [0.2, 0.25) is 0 Å². The Balaban J connectivity index is 2.72. The highest BCUT2D eigenvalue weighted by Crippen LogP contribution is 2.13. The average Bonchev–Trinajstić information content (AvgIpc) is 2.44. The van der Waals surface area contributed by atoms with Crippen molar-refractivity contribution in [3.63, 3.8) is 0 Å². The molecule has 0 fully saturated rings. The van der Waals surface area contributed by atoms with Gasteiger partial charge in [0.05, 0.1) is 6.10 Å². The first kappa shape index (κ1) is 16.2. The molecule has 0 radical (unpaired) electrons. The minimum absolute atomic E-state index is 0.0861. The fraction of sp³-hybridized carbons (Fsp3) is 0.467. The van der Waals surface area contributed by atoms with Crippen molar-refractivity contribution in [2.45, 2.75) is 32.8 Å². The fourth-order valence-electron chi connectivity index (χ4n) is 1.68. The van der Waals surface area contributed by atoms with E-state index in [4.69, 9.17) is 0 Å². The van der Waals surface area contributed by atoms with E-state index in [-0.39, 0.29) is 11.8 Å². The minimum Gasteiger partial charge on any atom is -0.393 e. The molecule has 2 N–H and O–H groups in total. The largest absolute Gasteiger partial charge is 0.393 e. The second-order valence-corrected chi connectivity index (χ2v) is 4.85. The second kappa shape index (κ2) is 7.65. The molecule has 1 aromatic carbocycles. The molecule has 0 saturated carbocycles. The number of hydrogen-bond acceptors (Lipinski definition) is 3. The summed E-state index contributed by atoms with van der Waals surface area (Å²) in [5, 5.41) is 12.0. The van der Waals surface area contributed by atoms with Gasteiger partial charge >= 0.3 is 0 Å². The second-order valence-electron chi connectivity index (χ2n) is 4.85. The maximum absolute atomic E-state index is 12.2. The number of hydrogen-bond donors (Lipinski definition) is 2. The summed E-state index contributed by atoms with van der Waals surface area (Å²) in [7, 11) is 1.70. The molecule has 0 spiro atoms. The van der Waals surface area contributed by atoms with Crippen molar-refractivity contribution in [1.29, 1.82) is 0 Å². The van der Waals surface area contributed by atoms with Crippen molar-refractivity contribution in [3.8, 4) is 0 Å². The van der Waals surface area contributed by atoms with Gasteiger partial charge in [-0.25, -0.2) is 0 Å². The highest BCUT2D eigenvalue weighted by Gasteiger charge is 2.13. The summed E-state index contributed by atoms with van der Waals surface area (Å²) in [4.78, 5) is 25.1. The molecule has 0 aliphatic rings. The predicted octanol–water partition coefficient (Wildman–Crippen LogP) is 1.88. The van der Waals surface area contributed by atoms with E-state index in [2.05, 4.69) is 5.32 Å². The van der Waals surface area contributed by atoms with Gasteiger partial charge in [0.15, 0.2) is 0 Å². The van der Waals surface area contributed by atoms with Gasteiger partial charge in [-0.1, -0.05) is 13.0 Å². The lowest BCUT2D eigenvalue weighted by Crippen LogP contribution is -2.29. The van der Waals surface area contributed by atoms with Gasteiger partial charge < -0.3 is 15.3 Å². The first-order chi connectivity index (χ1) is 9.43. The van der Waals surface area contributed by atoms with Crippen molar-refractivity contribution >= 4 is 17.5 Å². The van der Waals surface area contributed by atoms with Gasteiger partial charge in [-0.3, -0.25) is 9.59 Å². The van der Waals surface area contributed by atoms with Gasteiger partial charge in [0.2, 0.25) is 5.91 Å². The van der Waals surface area contributed by atoms with Crippen LogP contribution in [-0.2, 0) is 4.79 Å². The maximum Gasteiger partial charge on any atom is 0.253 e. The van der Waals surface area contributed by atoms with E-state index in [1.165, 1.54) is 0 Å². The predicted molar refractivity (Wildman–Crippen MR) is 78.6 cm³/mol. The number of rotatable bonds is 6. The van der Waals surface area contributed by atoms with E-state index in [1.807, 2.05) is 0 Å². The number of amides is 2. The van der Waals surface area contributed by atoms with Crippen molar-refractivity contribution < 1.29 is 14.7 Å². The summed E-state index contributed by atoms with van der Waals surface area (Å²) >= 11 is 0. The molecule has 1 unspecified atom stereocenters. The van der Waals surface area contributed by atoms with Crippen molar-refractivity contribution in [3.05, 3.63) is 29.8 Å². The van der Waals surface area contributed by atoms with Crippen molar-refractivity contribution in [2.24, 2.45) is 0 Å². The number of carbonyl (C=O) groups is 2. The number of aliphatic hydroxyl groups excluding tert-OH is 1. The molecule has 0 aromatic heterocycles. The molecule has 1 atom stereocenters. The summed E-state index contributed by atoms with van der Waals surface area (Å²) in [6.45, 7) is 3.95. The number of nitrogens with zero attached hydrogens (tertiary/aromatic N) is 1. The Morgan fingerprint density at radius 1 is 1.40 bits per heavy atom. The van der Waals surface area contributed by atoms with Crippen LogP contribution in [0.25, 0.3) is 0 Å². The van der Waals surface area contributed by atoms with Crippen LogP contribution in [0.4, 0.5) is 5.69 Å². The molecule has 5 nitrogen and oxygen atoms in total. The van der Waals surface area contributed by atoms with Gasteiger partial charge in [-0.05, 0) is 31.5 Å². The van der Waals surface area contributed by atoms with Crippen LogP contribution in [-0.4, -0.2) is 41.5 Å². The van der Waals surface area contributed by atoms with Crippen LogP contribution in [0.3, 0.4) is 0 Å². The Morgan fingerprint density at radius 3 is 2.70 bits per heavy atom. The molecule has 0 bridgehead atoms. The van der Waals surface area contributed by atoms with Crippen molar-refractivity contribution in [2.75, 3.05) is 18.9 Å². The van der Waals surface area contributed by atoms with Crippen LogP contribution in [0.1, 0.15) is 37.0 Å². The first-order valence-corrected chi connectivity index (χ1v) is 6.77. The quantitative estimate of drug-likeness (QED) is 0.834. The Bertz CT molecular complexity index is 472. The zero-order valence-corrected chi connectivity index (χ0v) is 12.2. The molecule has 5 heteroatoms. The van der Waals surface area contributed by atoms with Gasteiger partial charge in [-0.15, -0.1) is 0 Å². The summed E-state index contributed by atoms with van der Waals surface area (Å²) in [5.41, 5.74) is 1.14. The van der Waals surface area contributed by atoms with Crippen LogP contribution in [0.5, 0.6) is 0 Å². The van der Waals surface area contributed by atoms with E-state index >= 15 is 0 Å². The van der Waals surface area contributed by atoms with Gasteiger partial charge in [0.1, 0.15) is 0 Å². The summed E-state index contributed by atoms with van der Waals surface area (Å²) in [6, 6.07) is 6.86. The van der Waals surface area contributed by atoms with E-state index in [0.29, 0.717) is 30.6 Å². The number of carbonyl (C=O) groups excluding carboxylic acids is 2. The third-order valence-corrected chi connectivity index (χ3v) is 2.94.